The summed E-state index contributed by atoms with van der Waals surface area (Å²) in [6.07, 6.45) is 7.89. The summed E-state index contributed by atoms with van der Waals surface area (Å²) in [7, 11) is 0. The van der Waals surface area contributed by atoms with Crippen molar-refractivity contribution in [1.29, 1.82) is 0 Å². The van der Waals surface area contributed by atoms with Crippen molar-refractivity contribution < 1.29 is 13.5 Å². The van der Waals surface area contributed by atoms with Gasteiger partial charge in [-0.05, 0) is 30.7 Å². The highest BCUT2D eigenvalue weighted by Crippen LogP contribution is 2.21. The first-order valence-corrected chi connectivity index (χ1v) is 7.56. The van der Waals surface area contributed by atoms with Crippen molar-refractivity contribution in [3.05, 3.63) is 29.8 Å². The molecule has 0 aliphatic carbocycles. The van der Waals surface area contributed by atoms with Gasteiger partial charge in [0.25, 0.3) is 0 Å². The molecule has 0 amide bonds. The van der Waals surface area contributed by atoms with Gasteiger partial charge in [0.05, 0.1) is 6.61 Å². The van der Waals surface area contributed by atoms with Gasteiger partial charge in [-0.2, -0.15) is 12.6 Å². The van der Waals surface area contributed by atoms with Crippen molar-refractivity contribution in [3.8, 4) is 5.75 Å². The predicted molar refractivity (Wildman–Crippen MR) is 78.0 cm³/mol. The third kappa shape index (κ3) is 6.81. The summed E-state index contributed by atoms with van der Waals surface area (Å²) in [6.45, 7) is 0.370. The maximum absolute atomic E-state index is 13.2. The van der Waals surface area contributed by atoms with Crippen molar-refractivity contribution in [1.82, 2.24) is 0 Å². The van der Waals surface area contributed by atoms with Gasteiger partial charge in [-0.15, -0.1) is 0 Å². The van der Waals surface area contributed by atoms with E-state index in [1.165, 1.54) is 43.9 Å². The van der Waals surface area contributed by atoms with E-state index >= 15 is 0 Å². The minimum absolute atomic E-state index is 0.253. The van der Waals surface area contributed by atoms with Gasteiger partial charge >= 0.3 is 0 Å². The van der Waals surface area contributed by atoms with Crippen molar-refractivity contribution >= 4 is 12.6 Å². The second-order valence-corrected chi connectivity index (χ2v) is 5.04. The van der Waals surface area contributed by atoms with Gasteiger partial charge in [-0.3, -0.25) is 0 Å². The Labute approximate surface area is 119 Å². The quantitative estimate of drug-likeness (QED) is 0.470. The molecule has 0 bridgehead atoms. The summed E-state index contributed by atoms with van der Waals surface area (Å²) in [4.78, 5) is 0. The maximum atomic E-state index is 13.2. The number of hydrogen-bond acceptors (Lipinski definition) is 2. The Kier molecular flexibility index (Phi) is 8.63. The van der Waals surface area contributed by atoms with Gasteiger partial charge in [0.2, 0.25) is 0 Å². The highest BCUT2D eigenvalue weighted by molar-refractivity contribution is 7.80. The summed E-state index contributed by atoms with van der Waals surface area (Å²) in [5.74, 6) is -0.558. The zero-order chi connectivity index (χ0) is 13.9. The Morgan fingerprint density at radius 2 is 1.37 bits per heavy atom. The average molecular weight is 288 g/mol. The van der Waals surface area contributed by atoms with Crippen LogP contribution < -0.4 is 4.74 Å². The molecule has 0 fully saturated rings. The lowest BCUT2D eigenvalue weighted by Gasteiger charge is -2.07. The van der Waals surface area contributed by atoms with Crippen molar-refractivity contribution in [2.24, 2.45) is 0 Å². The fourth-order valence-corrected chi connectivity index (χ4v) is 2.12. The molecule has 0 N–H and O–H groups in total. The minimum atomic E-state index is -0.633. The van der Waals surface area contributed by atoms with E-state index in [2.05, 4.69) is 12.6 Å². The number of ether oxygens (including phenoxy) is 1. The van der Waals surface area contributed by atoms with Crippen LogP contribution in [-0.2, 0) is 0 Å². The molecule has 0 saturated carbocycles. The van der Waals surface area contributed by atoms with E-state index in [1.54, 1.807) is 0 Å². The average Bonchev–Trinajstić information content (AvgIpc) is 2.40. The molecule has 1 rings (SSSR count). The molecule has 1 aromatic rings. The summed E-state index contributed by atoms with van der Waals surface area (Å²) in [5.41, 5.74) is 0. The number of para-hydroxylation sites is 1. The number of benzene rings is 1. The van der Waals surface area contributed by atoms with Crippen molar-refractivity contribution in [2.45, 2.75) is 44.9 Å². The standard InChI is InChI=1S/C15H22F2OS/c16-13-9-8-10-14(17)15(13)18-11-6-4-2-1-3-5-7-12-19/h8-10,19H,1-7,11-12H2. The first kappa shape index (κ1) is 16.3. The van der Waals surface area contributed by atoms with Crippen LogP contribution in [0.4, 0.5) is 8.78 Å². The van der Waals surface area contributed by atoms with Crippen LogP contribution in [0.1, 0.15) is 44.9 Å². The third-order valence-electron chi connectivity index (χ3n) is 2.97. The van der Waals surface area contributed by atoms with E-state index in [0.29, 0.717) is 6.61 Å². The highest BCUT2D eigenvalue weighted by atomic mass is 32.1. The van der Waals surface area contributed by atoms with Crippen molar-refractivity contribution in [3.63, 3.8) is 0 Å². The van der Waals surface area contributed by atoms with Gasteiger partial charge in [-0.25, -0.2) is 8.78 Å². The lowest BCUT2D eigenvalue weighted by atomic mass is 10.1. The molecule has 0 heterocycles. The molecule has 0 aliphatic heterocycles. The molecule has 108 valence electrons. The van der Waals surface area contributed by atoms with Crippen LogP contribution in [0.15, 0.2) is 18.2 Å². The Hall–Kier alpha value is -0.770. The number of hydrogen-bond donors (Lipinski definition) is 1. The second-order valence-electron chi connectivity index (χ2n) is 4.60. The molecule has 0 aliphatic rings. The summed E-state index contributed by atoms with van der Waals surface area (Å²) in [5, 5.41) is 0. The predicted octanol–water partition coefficient (Wildman–Crippen LogP) is 5.00. The zero-order valence-electron chi connectivity index (χ0n) is 11.2. The van der Waals surface area contributed by atoms with E-state index in [4.69, 9.17) is 4.74 Å². The molecular formula is C15H22F2OS. The van der Waals surface area contributed by atoms with E-state index in [0.717, 1.165) is 25.0 Å². The zero-order valence-corrected chi connectivity index (χ0v) is 12.1. The molecule has 0 saturated heterocycles. The summed E-state index contributed by atoms with van der Waals surface area (Å²) >= 11 is 4.17. The van der Waals surface area contributed by atoms with E-state index < -0.39 is 11.6 Å². The molecule has 0 radical (unpaired) electrons. The number of halogens is 2. The molecule has 1 nitrogen and oxygen atoms in total. The van der Waals surface area contributed by atoms with Crippen LogP contribution in [-0.4, -0.2) is 12.4 Å². The van der Waals surface area contributed by atoms with Gasteiger partial charge < -0.3 is 4.74 Å². The van der Waals surface area contributed by atoms with Crippen molar-refractivity contribution in [2.75, 3.05) is 12.4 Å². The molecule has 0 spiro atoms. The second kappa shape index (κ2) is 10.1. The number of thiol groups is 1. The van der Waals surface area contributed by atoms with Gasteiger partial charge in [0, 0.05) is 0 Å². The van der Waals surface area contributed by atoms with Gasteiger partial charge in [0.15, 0.2) is 17.4 Å². The van der Waals surface area contributed by atoms with Crippen LogP contribution in [0.5, 0.6) is 5.75 Å². The Morgan fingerprint density at radius 3 is 1.95 bits per heavy atom. The fourth-order valence-electron chi connectivity index (χ4n) is 1.89. The Morgan fingerprint density at radius 1 is 0.842 bits per heavy atom. The molecule has 0 unspecified atom stereocenters. The van der Waals surface area contributed by atoms with E-state index in [-0.39, 0.29) is 5.75 Å². The molecular weight excluding hydrogens is 266 g/mol. The summed E-state index contributed by atoms with van der Waals surface area (Å²) < 4.78 is 31.6. The molecule has 19 heavy (non-hydrogen) atoms. The molecule has 4 heteroatoms. The lowest BCUT2D eigenvalue weighted by Crippen LogP contribution is -2.01. The molecule has 0 atom stereocenters. The normalized spacial score (nSPS) is 10.7. The first-order chi connectivity index (χ1) is 9.25. The Bertz CT molecular complexity index is 338. The van der Waals surface area contributed by atoms with Crippen LogP contribution >= 0.6 is 12.6 Å². The maximum Gasteiger partial charge on any atom is 0.190 e. The van der Waals surface area contributed by atoms with Crippen LogP contribution in [0.3, 0.4) is 0 Å². The summed E-state index contributed by atoms with van der Waals surface area (Å²) in [6, 6.07) is 3.75. The van der Waals surface area contributed by atoms with Crippen LogP contribution in [0.25, 0.3) is 0 Å². The van der Waals surface area contributed by atoms with Crippen LogP contribution in [0, 0.1) is 11.6 Å². The SMILES string of the molecule is Fc1cccc(F)c1OCCCCCCCCCS. The third-order valence-corrected chi connectivity index (χ3v) is 3.28. The molecule has 0 aromatic heterocycles. The number of rotatable bonds is 10. The van der Waals surface area contributed by atoms with Crippen LogP contribution in [0.2, 0.25) is 0 Å². The van der Waals surface area contributed by atoms with Gasteiger partial charge in [0.1, 0.15) is 0 Å². The smallest absolute Gasteiger partial charge is 0.190 e. The highest BCUT2D eigenvalue weighted by Gasteiger charge is 2.08. The monoisotopic (exact) mass is 288 g/mol. The minimum Gasteiger partial charge on any atom is -0.488 e. The Balaban J connectivity index is 2.05. The first-order valence-electron chi connectivity index (χ1n) is 6.93. The largest absolute Gasteiger partial charge is 0.488 e. The van der Waals surface area contributed by atoms with Gasteiger partial charge in [-0.1, -0.05) is 38.2 Å². The topological polar surface area (TPSA) is 9.23 Å². The van der Waals surface area contributed by atoms with E-state index in [9.17, 15) is 8.78 Å². The fraction of sp³-hybridized carbons (Fsp3) is 0.600. The van der Waals surface area contributed by atoms with E-state index in [1.807, 2.05) is 0 Å². The molecule has 1 aromatic carbocycles. The lowest BCUT2D eigenvalue weighted by molar-refractivity contribution is 0.275. The number of unbranched alkanes of at least 4 members (excludes halogenated alkanes) is 6.